The molecule has 0 bridgehead atoms. The van der Waals surface area contributed by atoms with Gasteiger partial charge in [-0.05, 0) is 32.6 Å². The summed E-state index contributed by atoms with van der Waals surface area (Å²) in [4.78, 5) is 100. The van der Waals surface area contributed by atoms with Crippen molar-refractivity contribution in [1.29, 1.82) is 0 Å². The Labute approximate surface area is 325 Å². The van der Waals surface area contributed by atoms with E-state index in [-0.39, 0.29) is 25.3 Å². The van der Waals surface area contributed by atoms with E-state index in [1.165, 1.54) is 65.8 Å². The van der Waals surface area contributed by atoms with Crippen molar-refractivity contribution >= 4 is 47.6 Å². The molecule has 0 aromatic carbocycles. The number of nitrogens with zero attached hydrogens (tertiary/aromatic N) is 1. The molecule has 6 unspecified atom stereocenters. The molecular formula is C37H68N8O10. The smallest absolute Gasteiger partial charge is 0.257 e. The van der Waals surface area contributed by atoms with Gasteiger partial charge in [0.2, 0.25) is 35.4 Å². The Kier molecular flexibility index (Phi) is 27.0. The highest BCUT2D eigenvalue weighted by Crippen LogP contribution is 2.12. The van der Waals surface area contributed by atoms with Crippen molar-refractivity contribution in [3.05, 3.63) is 0 Å². The fourth-order valence-corrected chi connectivity index (χ4v) is 5.63. The van der Waals surface area contributed by atoms with Gasteiger partial charge in [-0.25, -0.2) is 0 Å². The lowest BCUT2D eigenvalue weighted by molar-refractivity contribution is -0.144. The van der Waals surface area contributed by atoms with Gasteiger partial charge < -0.3 is 57.5 Å². The molecule has 0 aromatic rings. The lowest BCUT2D eigenvalue weighted by Gasteiger charge is -2.31. The molecule has 316 valence electrons. The maximum Gasteiger partial charge on any atom is 0.257 e. The van der Waals surface area contributed by atoms with Gasteiger partial charge in [0, 0.05) is 13.5 Å². The molecule has 18 heteroatoms. The van der Waals surface area contributed by atoms with Crippen molar-refractivity contribution in [1.82, 2.24) is 36.8 Å². The van der Waals surface area contributed by atoms with Crippen LogP contribution in [0.4, 0.5) is 0 Å². The molecular weight excluding hydrogens is 716 g/mol. The van der Waals surface area contributed by atoms with Crippen LogP contribution in [0, 0.1) is 5.92 Å². The molecule has 0 saturated heterocycles. The summed E-state index contributed by atoms with van der Waals surface area (Å²) < 4.78 is 0. The molecule has 6 atom stereocenters. The van der Waals surface area contributed by atoms with Gasteiger partial charge in [-0.2, -0.15) is 0 Å². The van der Waals surface area contributed by atoms with E-state index in [0.717, 1.165) is 24.2 Å². The summed E-state index contributed by atoms with van der Waals surface area (Å²) in [5.41, 5.74) is 5.78. The number of likely N-dealkylation sites (N-methyl/N-ethyl adjacent to an activating group) is 1. The molecule has 0 aromatic heterocycles. The molecule has 0 saturated carbocycles. The third-order valence-electron chi connectivity index (χ3n) is 8.82. The number of nitrogens with one attached hydrogen (secondary N) is 6. The molecule has 18 nitrogen and oxygen atoms in total. The third kappa shape index (κ3) is 22.1. The Hall–Kier alpha value is -4.16. The first-order valence-corrected chi connectivity index (χ1v) is 19.5. The van der Waals surface area contributed by atoms with Crippen LogP contribution in [-0.4, -0.2) is 126 Å². The highest BCUT2D eigenvalue weighted by molar-refractivity contribution is 5.96. The van der Waals surface area contributed by atoms with Crippen LogP contribution < -0.4 is 37.6 Å². The van der Waals surface area contributed by atoms with Crippen LogP contribution in [0.5, 0.6) is 0 Å². The van der Waals surface area contributed by atoms with Gasteiger partial charge in [0.15, 0.2) is 6.17 Å². The molecule has 0 aliphatic rings. The minimum Gasteiger partial charge on any atom is -0.394 e. The van der Waals surface area contributed by atoms with E-state index in [1.807, 2.05) is 13.8 Å². The van der Waals surface area contributed by atoms with E-state index >= 15 is 0 Å². The van der Waals surface area contributed by atoms with Crippen LogP contribution in [0.15, 0.2) is 0 Å². The number of carbonyl (C=O) groups is 8. The molecule has 0 heterocycles. The molecule has 0 spiro atoms. The van der Waals surface area contributed by atoms with Crippen LogP contribution >= 0.6 is 0 Å². The molecule has 10 N–H and O–H groups in total. The van der Waals surface area contributed by atoms with Crippen molar-refractivity contribution < 1.29 is 48.6 Å². The average molecular weight is 785 g/mol. The lowest BCUT2D eigenvalue weighted by Crippen LogP contribution is -2.60. The molecule has 0 fully saturated rings. The first-order chi connectivity index (χ1) is 26.0. The number of aliphatic hydroxyl groups excluding tert-OH is 2. The van der Waals surface area contributed by atoms with E-state index in [2.05, 4.69) is 38.8 Å². The molecule has 0 radical (unpaired) electrons. The number of aliphatic hydroxyl groups is 2. The number of aldehydes is 1. The Morgan fingerprint density at radius 1 is 0.691 bits per heavy atom. The second-order valence-corrected chi connectivity index (χ2v) is 14.3. The van der Waals surface area contributed by atoms with E-state index < -0.39 is 90.9 Å². The van der Waals surface area contributed by atoms with Crippen molar-refractivity contribution in [2.24, 2.45) is 11.7 Å². The van der Waals surface area contributed by atoms with Gasteiger partial charge in [-0.1, -0.05) is 85.0 Å². The molecule has 0 rings (SSSR count). The number of carbonyl (C=O) groups excluding carboxylic acids is 8. The summed E-state index contributed by atoms with van der Waals surface area (Å²) >= 11 is 0. The molecule has 0 aliphatic heterocycles. The van der Waals surface area contributed by atoms with Crippen molar-refractivity contribution in [3.8, 4) is 0 Å². The van der Waals surface area contributed by atoms with E-state index in [9.17, 15) is 48.6 Å². The summed E-state index contributed by atoms with van der Waals surface area (Å²) in [5, 5.41) is 34.2. The molecule has 0 aliphatic carbocycles. The third-order valence-corrected chi connectivity index (χ3v) is 8.82. The van der Waals surface area contributed by atoms with Gasteiger partial charge >= 0.3 is 0 Å². The van der Waals surface area contributed by atoms with Gasteiger partial charge in [-0.3, -0.25) is 33.6 Å². The highest BCUT2D eigenvalue weighted by atomic mass is 16.3. The predicted octanol–water partition coefficient (Wildman–Crippen LogP) is -0.760. The lowest BCUT2D eigenvalue weighted by atomic mass is 10.0. The summed E-state index contributed by atoms with van der Waals surface area (Å²) in [6.45, 7) is 6.76. The number of rotatable bonds is 30. The first-order valence-electron chi connectivity index (χ1n) is 19.5. The summed E-state index contributed by atoms with van der Waals surface area (Å²) in [6.07, 6.45) is 10.1. The summed E-state index contributed by atoms with van der Waals surface area (Å²) in [7, 11) is 1.19. The molecule has 7 amide bonds. The second-order valence-electron chi connectivity index (χ2n) is 14.3. The Morgan fingerprint density at radius 3 is 1.76 bits per heavy atom. The summed E-state index contributed by atoms with van der Waals surface area (Å²) in [5.74, 6) is -5.39. The fourth-order valence-electron chi connectivity index (χ4n) is 5.63. The zero-order valence-corrected chi connectivity index (χ0v) is 33.6. The average Bonchev–Trinajstić information content (AvgIpc) is 3.12. The van der Waals surface area contributed by atoms with Crippen LogP contribution in [0.2, 0.25) is 0 Å². The predicted molar refractivity (Wildman–Crippen MR) is 206 cm³/mol. The summed E-state index contributed by atoms with van der Waals surface area (Å²) in [6, 6.07) is -5.05. The maximum absolute atomic E-state index is 13.1. The largest absolute Gasteiger partial charge is 0.394 e. The van der Waals surface area contributed by atoms with E-state index in [1.54, 1.807) is 0 Å². The SMILES string of the molecule is CCCCCCCCCCCCCC(=O)NC(CO)C(=O)NC(N)C(=O)NCC(=O)N(C)C(C(=O)NC(C)C(=O)NC(CC(C)C)C(=O)NCC=O)C(C)O. The van der Waals surface area contributed by atoms with Crippen molar-refractivity contribution in [2.75, 3.05) is 26.7 Å². The number of amides is 7. The normalized spacial score (nSPS) is 14.3. The monoisotopic (exact) mass is 785 g/mol. The van der Waals surface area contributed by atoms with Crippen LogP contribution in [0.3, 0.4) is 0 Å². The minimum atomic E-state index is -1.67. The van der Waals surface area contributed by atoms with E-state index in [4.69, 9.17) is 5.73 Å². The van der Waals surface area contributed by atoms with Gasteiger partial charge in [-0.15, -0.1) is 0 Å². The van der Waals surface area contributed by atoms with Crippen molar-refractivity contribution in [2.45, 2.75) is 155 Å². The van der Waals surface area contributed by atoms with E-state index in [0.29, 0.717) is 12.7 Å². The van der Waals surface area contributed by atoms with Crippen LogP contribution in [-0.2, 0) is 38.4 Å². The standard InChI is InChI=1S/C37H68N8O10/c1-7-8-9-10-11-12-13-14-15-16-17-18-29(49)42-28(23-47)35(53)44-32(38)37(55)40-22-30(50)45(6)31(26(5)48)36(54)41-25(4)33(51)43-27(21-24(2)3)34(52)39-19-20-46/h20,24-28,31-32,47-48H,7-19,21-23,38H2,1-6H3,(H,39,52)(H,40,55)(H,41,54)(H,42,49)(H,43,51)(H,44,53). The maximum atomic E-state index is 13.1. The number of hydrogen-bond donors (Lipinski definition) is 9. The number of unbranched alkanes of at least 4 members (excludes halogenated alkanes) is 10. The Balaban J connectivity index is 4.90. The second kappa shape index (κ2) is 29.2. The highest BCUT2D eigenvalue weighted by Gasteiger charge is 2.34. The number of nitrogens with two attached hydrogens (primary N) is 1. The zero-order valence-electron chi connectivity index (χ0n) is 33.6. The van der Waals surface area contributed by atoms with Crippen molar-refractivity contribution in [3.63, 3.8) is 0 Å². The fraction of sp³-hybridized carbons (Fsp3) is 0.784. The number of hydrogen-bond acceptors (Lipinski definition) is 11. The van der Waals surface area contributed by atoms with Crippen LogP contribution in [0.25, 0.3) is 0 Å². The Bertz CT molecular complexity index is 1220. The van der Waals surface area contributed by atoms with Gasteiger partial charge in [0.05, 0.1) is 25.8 Å². The Morgan fingerprint density at radius 2 is 1.25 bits per heavy atom. The minimum absolute atomic E-state index is 0.00157. The molecule has 55 heavy (non-hydrogen) atoms. The quantitative estimate of drug-likeness (QED) is 0.0248. The van der Waals surface area contributed by atoms with Gasteiger partial charge in [0.1, 0.15) is 30.5 Å². The topological polar surface area (TPSA) is 278 Å². The zero-order chi connectivity index (χ0) is 41.9. The van der Waals surface area contributed by atoms with Gasteiger partial charge in [0.25, 0.3) is 5.91 Å². The first kappa shape index (κ1) is 50.8. The van der Waals surface area contributed by atoms with Crippen LogP contribution in [0.1, 0.15) is 118 Å².